The van der Waals surface area contributed by atoms with Gasteiger partial charge in [-0.3, -0.25) is 9.69 Å². The molecular formula is C24H30FN3O2. The normalized spacial score (nSPS) is 24.5. The van der Waals surface area contributed by atoms with Crippen molar-refractivity contribution in [3.63, 3.8) is 0 Å². The molecule has 5 nitrogen and oxygen atoms in total. The van der Waals surface area contributed by atoms with Crippen LogP contribution in [0.1, 0.15) is 65.8 Å². The Labute approximate surface area is 177 Å². The zero-order chi connectivity index (χ0) is 21.4. The summed E-state index contributed by atoms with van der Waals surface area (Å²) in [6.45, 7) is 6.57. The summed E-state index contributed by atoms with van der Waals surface area (Å²) < 4.78 is 18.8. The number of benzene rings is 1. The maximum atomic E-state index is 13.3. The van der Waals surface area contributed by atoms with Gasteiger partial charge in [0.05, 0.1) is 7.11 Å². The summed E-state index contributed by atoms with van der Waals surface area (Å²) in [5, 5.41) is 3.09. The molecule has 3 atom stereocenters. The summed E-state index contributed by atoms with van der Waals surface area (Å²) in [7, 11) is 1.71. The fraction of sp³-hybridized carbons (Fsp3) is 0.500. The molecular weight excluding hydrogens is 381 g/mol. The lowest BCUT2D eigenvalue weighted by Crippen LogP contribution is -2.51. The van der Waals surface area contributed by atoms with Crippen LogP contribution in [-0.2, 0) is 0 Å². The van der Waals surface area contributed by atoms with Crippen molar-refractivity contribution in [2.24, 2.45) is 0 Å². The minimum absolute atomic E-state index is 0.0993. The zero-order valence-corrected chi connectivity index (χ0v) is 18.1. The number of carbonyl (C=O) groups excluding carboxylic acids is 1. The number of amides is 1. The molecule has 2 bridgehead atoms. The Hall–Kier alpha value is -2.47. The second-order valence-electron chi connectivity index (χ2n) is 8.60. The maximum Gasteiger partial charge on any atom is 0.270 e. The average molecular weight is 412 g/mol. The highest BCUT2D eigenvalue weighted by atomic mass is 19.1. The molecule has 160 valence electrons. The zero-order valence-electron chi connectivity index (χ0n) is 18.1. The van der Waals surface area contributed by atoms with E-state index in [1.807, 2.05) is 0 Å². The van der Waals surface area contributed by atoms with Crippen molar-refractivity contribution < 1.29 is 13.9 Å². The van der Waals surface area contributed by atoms with E-state index in [0.29, 0.717) is 18.1 Å². The number of halogens is 1. The quantitative estimate of drug-likeness (QED) is 0.744. The van der Waals surface area contributed by atoms with E-state index in [0.717, 1.165) is 31.4 Å². The molecule has 2 saturated heterocycles. The van der Waals surface area contributed by atoms with Crippen LogP contribution in [0.15, 0.2) is 30.3 Å². The van der Waals surface area contributed by atoms with Crippen LogP contribution in [-0.4, -0.2) is 41.0 Å². The van der Waals surface area contributed by atoms with Gasteiger partial charge in [-0.25, -0.2) is 4.98 Å². The van der Waals surface area contributed by atoms with E-state index in [4.69, 9.17) is 4.74 Å². The Kier molecular flexibility index (Phi) is 5.78. The molecule has 6 heteroatoms. The van der Waals surface area contributed by atoms with Gasteiger partial charge in [-0.05, 0) is 81.3 Å². The molecule has 2 aromatic rings. The van der Waals surface area contributed by atoms with Gasteiger partial charge < -0.3 is 10.1 Å². The lowest BCUT2D eigenvalue weighted by molar-refractivity contribution is 0.0686. The molecule has 0 aliphatic carbocycles. The highest BCUT2D eigenvalue weighted by molar-refractivity contribution is 5.92. The number of pyridine rings is 1. The highest BCUT2D eigenvalue weighted by Crippen LogP contribution is 2.43. The molecule has 3 heterocycles. The highest BCUT2D eigenvalue weighted by Gasteiger charge is 2.43. The molecule has 0 radical (unpaired) electrons. The van der Waals surface area contributed by atoms with E-state index in [1.54, 1.807) is 13.2 Å². The van der Waals surface area contributed by atoms with Crippen LogP contribution < -0.4 is 10.1 Å². The first-order valence-electron chi connectivity index (χ1n) is 10.7. The Morgan fingerprint density at radius 2 is 1.87 bits per heavy atom. The number of carbonyl (C=O) groups is 1. The van der Waals surface area contributed by atoms with Crippen LogP contribution in [0.5, 0.6) is 5.75 Å². The van der Waals surface area contributed by atoms with Gasteiger partial charge in [0.2, 0.25) is 5.95 Å². The molecule has 1 N–H and O–H groups in total. The standard InChI is InChI=1S/C24H30FN3O2/c1-14-15(2)22(30-4)11-10-20(14)16(3)28-18-8-9-19(28)13-17(12-18)26-24(29)21-6-5-7-23(25)27-21/h5-7,10-11,16-19H,8-9,12-13H2,1-4H3,(H,26,29). The number of piperidine rings is 1. The van der Waals surface area contributed by atoms with Gasteiger partial charge in [0, 0.05) is 24.2 Å². The van der Waals surface area contributed by atoms with Crippen molar-refractivity contribution in [3.05, 3.63) is 58.7 Å². The number of nitrogens with zero attached hydrogens (tertiary/aromatic N) is 2. The first-order chi connectivity index (χ1) is 14.4. The number of rotatable bonds is 5. The van der Waals surface area contributed by atoms with Crippen LogP contribution in [0.3, 0.4) is 0 Å². The van der Waals surface area contributed by atoms with Gasteiger partial charge in [-0.15, -0.1) is 0 Å². The summed E-state index contributed by atoms with van der Waals surface area (Å²) in [4.78, 5) is 18.9. The van der Waals surface area contributed by atoms with Crippen molar-refractivity contribution in [2.75, 3.05) is 7.11 Å². The third-order valence-corrected chi connectivity index (χ3v) is 6.97. The largest absolute Gasteiger partial charge is 0.496 e. The lowest BCUT2D eigenvalue weighted by Gasteiger charge is -2.43. The smallest absolute Gasteiger partial charge is 0.270 e. The van der Waals surface area contributed by atoms with E-state index in [1.165, 1.54) is 28.8 Å². The number of nitrogens with one attached hydrogen (secondary N) is 1. The maximum absolute atomic E-state index is 13.3. The number of hydrogen-bond donors (Lipinski definition) is 1. The Balaban J connectivity index is 1.47. The lowest BCUT2D eigenvalue weighted by atomic mass is 9.91. The van der Waals surface area contributed by atoms with Crippen molar-refractivity contribution >= 4 is 5.91 Å². The van der Waals surface area contributed by atoms with Crippen molar-refractivity contribution in [1.82, 2.24) is 15.2 Å². The van der Waals surface area contributed by atoms with Crippen LogP contribution in [0.25, 0.3) is 0 Å². The summed E-state index contributed by atoms with van der Waals surface area (Å²) >= 11 is 0. The minimum atomic E-state index is -0.628. The molecule has 1 amide bonds. The van der Waals surface area contributed by atoms with Gasteiger partial charge in [0.1, 0.15) is 11.4 Å². The van der Waals surface area contributed by atoms with Crippen molar-refractivity contribution in [2.45, 2.75) is 70.6 Å². The second-order valence-corrected chi connectivity index (χ2v) is 8.60. The van der Waals surface area contributed by atoms with Crippen LogP contribution in [0, 0.1) is 19.8 Å². The van der Waals surface area contributed by atoms with E-state index in [-0.39, 0.29) is 17.6 Å². The molecule has 2 fully saturated rings. The van der Waals surface area contributed by atoms with E-state index < -0.39 is 5.95 Å². The monoisotopic (exact) mass is 411 g/mol. The molecule has 0 saturated carbocycles. The van der Waals surface area contributed by atoms with Gasteiger partial charge in [0.15, 0.2) is 0 Å². The number of fused-ring (bicyclic) bond motifs is 2. The van der Waals surface area contributed by atoms with Crippen LogP contribution in [0.2, 0.25) is 0 Å². The van der Waals surface area contributed by atoms with Gasteiger partial charge >= 0.3 is 0 Å². The molecule has 1 aromatic heterocycles. The van der Waals surface area contributed by atoms with Crippen molar-refractivity contribution in [1.29, 1.82) is 0 Å². The van der Waals surface area contributed by atoms with Gasteiger partial charge in [-0.2, -0.15) is 4.39 Å². The Morgan fingerprint density at radius 3 is 2.50 bits per heavy atom. The Morgan fingerprint density at radius 1 is 1.17 bits per heavy atom. The molecule has 4 rings (SSSR count). The first-order valence-corrected chi connectivity index (χ1v) is 10.7. The fourth-order valence-corrected chi connectivity index (χ4v) is 5.41. The topological polar surface area (TPSA) is 54.5 Å². The number of hydrogen-bond acceptors (Lipinski definition) is 4. The minimum Gasteiger partial charge on any atom is -0.496 e. The molecule has 3 unspecified atom stereocenters. The summed E-state index contributed by atoms with van der Waals surface area (Å²) in [5.74, 6) is 0.0114. The SMILES string of the molecule is COc1ccc(C(C)N2C3CCC2CC(NC(=O)c2cccc(F)n2)C3)c(C)c1C. The summed E-state index contributed by atoms with van der Waals surface area (Å²) in [6.07, 6.45) is 4.12. The third-order valence-electron chi connectivity index (χ3n) is 6.97. The molecule has 2 aliphatic rings. The first kappa shape index (κ1) is 20.8. The molecule has 2 aliphatic heterocycles. The predicted octanol–water partition coefficient (Wildman–Crippen LogP) is 4.33. The van der Waals surface area contributed by atoms with E-state index >= 15 is 0 Å². The number of ether oxygens (including phenoxy) is 1. The third kappa shape index (κ3) is 3.81. The average Bonchev–Trinajstić information content (AvgIpc) is 3.00. The van der Waals surface area contributed by atoms with Crippen molar-refractivity contribution in [3.8, 4) is 5.75 Å². The molecule has 0 spiro atoms. The number of methoxy groups -OCH3 is 1. The van der Waals surface area contributed by atoms with Crippen LogP contribution >= 0.6 is 0 Å². The molecule has 30 heavy (non-hydrogen) atoms. The second kappa shape index (κ2) is 8.34. The predicted molar refractivity (Wildman–Crippen MR) is 114 cm³/mol. The summed E-state index contributed by atoms with van der Waals surface area (Å²) in [5.41, 5.74) is 3.96. The summed E-state index contributed by atoms with van der Waals surface area (Å²) in [6, 6.07) is 9.86. The van der Waals surface area contributed by atoms with Gasteiger partial charge in [0.25, 0.3) is 5.91 Å². The Bertz CT molecular complexity index is 934. The molecule has 1 aromatic carbocycles. The van der Waals surface area contributed by atoms with Crippen LogP contribution in [0.4, 0.5) is 4.39 Å². The van der Waals surface area contributed by atoms with E-state index in [9.17, 15) is 9.18 Å². The van der Waals surface area contributed by atoms with E-state index in [2.05, 4.69) is 48.1 Å². The van der Waals surface area contributed by atoms with Gasteiger partial charge in [-0.1, -0.05) is 12.1 Å². The fourth-order valence-electron chi connectivity index (χ4n) is 5.41. The number of aromatic nitrogens is 1.